The van der Waals surface area contributed by atoms with Gasteiger partial charge in [-0.15, -0.1) is 0 Å². The third-order valence-electron chi connectivity index (χ3n) is 5.17. The van der Waals surface area contributed by atoms with Gasteiger partial charge in [-0.3, -0.25) is 19.1 Å². The molecule has 1 saturated heterocycles. The van der Waals surface area contributed by atoms with Gasteiger partial charge in [-0.25, -0.2) is 13.9 Å². The minimum atomic E-state index is -0.882. The molecule has 8 nitrogen and oxygen atoms in total. The van der Waals surface area contributed by atoms with Crippen LogP contribution in [0.15, 0.2) is 48.5 Å². The number of hydrogen-bond donors (Lipinski definition) is 0. The molecule has 0 aliphatic carbocycles. The molecule has 1 aliphatic rings. The molecule has 0 radical (unpaired) electrons. The van der Waals surface area contributed by atoms with Crippen LogP contribution in [0.3, 0.4) is 0 Å². The SMILES string of the molecule is CCOC(=O)c1ccc(-n2c(-c3cccc(F)c3)nn([C@H]3CC(=O)N(C)C3=O)c2=S)cc1. The van der Waals surface area contributed by atoms with Crippen molar-refractivity contribution >= 4 is 30.0 Å². The Morgan fingerprint density at radius 2 is 1.94 bits per heavy atom. The van der Waals surface area contributed by atoms with Gasteiger partial charge in [-0.05, 0) is 55.5 Å². The maximum atomic E-state index is 13.9. The van der Waals surface area contributed by atoms with E-state index in [-0.39, 0.29) is 23.7 Å². The van der Waals surface area contributed by atoms with Crippen molar-refractivity contribution in [2.24, 2.45) is 0 Å². The van der Waals surface area contributed by atoms with Gasteiger partial charge in [0.05, 0.1) is 24.3 Å². The van der Waals surface area contributed by atoms with E-state index in [0.717, 1.165) is 4.90 Å². The van der Waals surface area contributed by atoms with Gasteiger partial charge in [0.25, 0.3) is 5.91 Å². The fourth-order valence-corrected chi connectivity index (χ4v) is 3.88. The van der Waals surface area contributed by atoms with E-state index in [2.05, 4.69) is 5.10 Å². The number of rotatable bonds is 5. The Labute approximate surface area is 187 Å². The second-order valence-corrected chi connectivity index (χ2v) is 7.54. The smallest absolute Gasteiger partial charge is 0.338 e. The first-order chi connectivity index (χ1) is 15.3. The lowest BCUT2D eigenvalue weighted by atomic mass is 10.2. The molecular weight excluding hydrogens is 435 g/mol. The lowest BCUT2D eigenvalue weighted by Gasteiger charge is -2.09. The van der Waals surface area contributed by atoms with Crippen LogP contribution in [-0.2, 0) is 14.3 Å². The molecule has 1 aliphatic heterocycles. The summed E-state index contributed by atoms with van der Waals surface area (Å²) in [6.07, 6.45) is -0.0644. The monoisotopic (exact) mass is 454 g/mol. The van der Waals surface area contributed by atoms with Crippen LogP contribution >= 0.6 is 12.2 Å². The number of carbonyl (C=O) groups excluding carboxylic acids is 3. The van der Waals surface area contributed by atoms with Gasteiger partial charge < -0.3 is 4.74 Å². The average molecular weight is 454 g/mol. The molecule has 0 spiro atoms. The fraction of sp³-hybridized carbons (Fsp3) is 0.227. The van der Waals surface area contributed by atoms with Gasteiger partial charge in [0.15, 0.2) is 5.82 Å². The Morgan fingerprint density at radius 3 is 2.53 bits per heavy atom. The first-order valence-corrected chi connectivity index (χ1v) is 10.3. The first-order valence-electron chi connectivity index (χ1n) is 9.87. The van der Waals surface area contributed by atoms with Crippen LogP contribution in [0.2, 0.25) is 0 Å². The molecule has 2 aromatic carbocycles. The summed E-state index contributed by atoms with van der Waals surface area (Å²) >= 11 is 5.62. The minimum Gasteiger partial charge on any atom is -0.462 e. The second-order valence-electron chi connectivity index (χ2n) is 7.17. The summed E-state index contributed by atoms with van der Waals surface area (Å²) in [7, 11) is 1.41. The molecule has 0 bridgehead atoms. The number of benzene rings is 2. The van der Waals surface area contributed by atoms with Crippen LogP contribution in [0.25, 0.3) is 17.1 Å². The number of esters is 1. The Morgan fingerprint density at radius 1 is 1.22 bits per heavy atom. The van der Waals surface area contributed by atoms with Crippen LogP contribution in [0.1, 0.15) is 29.7 Å². The molecule has 0 unspecified atom stereocenters. The Hall–Kier alpha value is -3.66. The zero-order valence-electron chi connectivity index (χ0n) is 17.3. The highest BCUT2D eigenvalue weighted by Crippen LogP contribution is 2.29. The summed E-state index contributed by atoms with van der Waals surface area (Å²) < 4.78 is 22.0. The number of ether oxygens (including phenoxy) is 1. The van der Waals surface area contributed by atoms with Crippen molar-refractivity contribution in [3.8, 4) is 17.1 Å². The lowest BCUT2D eigenvalue weighted by Crippen LogP contribution is -2.27. The normalized spacial score (nSPS) is 16.0. The predicted octanol–water partition coefficient (Wildman–Crippen LogP) is 3.32. The summed E-state index contributed by atoms with van der Waals surface area (Å²) in [5, 5.41) is 4.50. The summed E-state index contributed by atoms with van der Waals surface area (Å²) in [5.41, 5.74) is 1.35. The number of imide groups is 1. The molecule has 2 amide bonds. The van der Waals surface area contributed by atoms with Crippen molar-refractivity contribution in [3.05, 3.63) is 64.7 Å². The highest BCUT2D eigenvalue weighted by Gasteiger charge is 2.39. The van der Waals surface area contributed by atoms with E-state index < -0.39 is 23.7 Å². The molecule has 4 rings (SSSR count). The summed E-state index contributed by atoms with van der Waals surface area (Å²) in [5.74, 6) is -1.37. The van der Waals surface area contributed by atoms with E-state index in [1.54, 1.807) is 47.9 Å². The van der Waals surface area contributed by atoms with Crippen LogP contribution in [-0.4, -0.2) is 50.7 Å². The van der Waals surface area contributed by atoms with Crippen molar-refractivity contribution in [2.75, 3.05) is 13.7 Å². The standard InChI is InChI=1S/C22H19FN4O4S/c1-3-31-21(30)13-7-9-16(10-8-13)26-19(14-5-4-6-15(23)11-14)24-27(22(26)32)17-12-18(28)25(2)20(17)29/h4-11,17H,3,12H2,1-2H3/t17-/m0/s1. The molecule has 1 atom stereocenters. The Bertz CT molecular complexity index is 1280. The highest BCUT2D eigenvalue weighted by atomic mass is 32.1. The van der Waals surface area contributed by atoms with E-state index in [1.807, 2.05) is 0 Å². The molecule has 0 N–H and O–H groups in total. The third kappa shape index (κ3) is 3.73. The molecular formula is C22H19FN4O4S. The predicted molar refractivity (Wildman–Crippen MR) is 115 cm³/mol. The van der Waals surface area contributed by atoms with Crippen molar-refractivity contribution < 1.29 is 23.5 Å². The molecule has 164 valence electrons. The van der Waals surface area contributed by atoms with E-state index in [0.29, 0.717) is 22.6 Å². The van der Waals surface area contributed by atoms with Crippen LogP contribution in [0, 0.1) is 10.6 Å². The van der Waals surface area contributed by atoms with Gasteiger partial charge in [0, 0.05) is 12.6 Å². The number of hydrogen-bond acceptors (Lipinski definition) is 6. The van der Waals surface area contributed by atoms with Crippen molar-refractivity contribution in [3.63, 3.8) is 0 Å². The number of aromatic nitrogens is 3. The Balaban J connectivity index is 1.86. The number of carbonyl (C=O) groups is 3. The van der Waals surface area contributed by atoms with Gasteiger partial charge >= 0.3 is 5.97 Å². The third-order valence-corrected chi connectivity index (χ3v) is 5.54. The van der Waals surface area contributed by atoms with Gasteiger partial charge in [-0.2, -0.15) is 5.10 Å². The van der Waals surface area contributed by atoms with Crippen LogP contribution in [0.5, 0.6) is 0 Å². The zero-order valence-corrected chi connectivity index (χ0v) is 18.1. The van der Waals surface area contributed by atoms with Gasteiger partial charge in [0.2, 0.25) is 10.7 Å². The number of halogens is 1. The topological polar surface area (TPSA) is 86.4 Å². The summed E-state index contributed by atoms with van der Waals surface area (Å²) in [4.78, 5) is 37.6. The maximum Gasteiger partial charge on any atom is 0.338 e. The maximum absolute atomic E-state index is 13.9. The van der Waals surface area contributed by atoms with Gasteiger partial charge in [0.1, 0.15) is 11.9 Å². The zero-order chi connectivity index (χ0) is 23.0. The van der Waals surface area contributed by atoms with Crippen molar-refractivity contribution in [1.82, 2.24) is 19.2 Å². The van der Waals surface area contributed by atoms with E-state index in [4.69, 9.17) is 17.0 Å². The number of likely N-dealkylation sites (N-methyl/N-ethyl adjacent to an activating group) is 1. The molecule has 0 saturated carbocycles. The highest BCUT2D eigenvalue weighted by molar-refractivity contribution is 7.71. The molecule has 1 aromatic heterocycles. The summed E-state index contributed by atoms with van der Waals surface area (Å²) in [6.45, 7) is 1.97. The number of amides is 2. The molecule has 1 fully saturated rings. The molecule has 32 heavy (non-hydrogen) atoms. The Kier molecular flexibility index (Phi) is 5.70. The molecule has 3 aromatic rings. The second kappa shape index (κ2) is 8.46. The lowest BCUT2D eigenvalue weighted by molar-refractivity contribution is -0.137. The molecule has 10 heteroatoms. The fourth-order valence-electron chi connectivity index (χ4n) is 3.52. The quantitative estimate of drug-likeness (QED) is 0.334. The van der Waals surface area contributed by atoms with Crippen molar-refractivity contribution in [1.29, 1.82) is 0 Å². The summed E-state index contributed by atoms with van der Waals surface area (Å²) in [6, 6.07) is 11.4. The van der Waals surface area contributed by atoms with E-state index in [9.17, 15) is 18.8 Å². The number of likely N-dealkylation sites (tertiary alicyclic amines) is 1. The number of nitrogens with zero attached hydrogens (tertiary/aromatic N) is 4. The largest absolute Gasteiger partial charge is 0.462 e. The van der Waals surface area contributed by atoms with E-state index >= 15 is 0 Å². The van der Waals surface area contributed by atoms with Crippen molar-refractivity contribution in [2.45, 2.75) is 19.4 Å². The van der Waals surface area contributed by atoms with Gasteiger partial charge in [-0.1, -0.05) is 12.1 Å². The van der Waals surface area contributed by atoms with E-state index in [1.165, 1.54) is 23.9 Å². The minimum absolute atomic E-state index is 0.0644. The van der Waals surface area contributed by atoms with Crippen LogP contribution < -0.4 is 0 Å². The average Bonchev–Trinajstić information content (AvgIpc) is 3.25. The molecule has 2 heterocycles. The first kappa shape index (κ1) is 21.6. The van der Waals surface area contributed by atoms with Crippen LogP contribution in [0.4, 0.5) is 4.39 Å².